The minimum atomic E-state index is -4.85. The Morgan fingerprint density at radius 3 is 2.46 bits per heavy atom. The van der Waals surface area contributed by atoms with Crippen LogP contribution in [0, 0.1) is 0 Å². The first kappa shape index (κ1) is 28.4. The summed E-state index contributed by atoms with van der Waals surface area (Å²) in [4.78, 5) is 24.8. The van der Waals surface area contributed by atoms with Gasteiger partial charge in [0.2, 0.25) is 5.91 Å². The summed E-state index contributed by atoms with van der Waals surface area (Å²) in [6.45, 7) is 4.18. The molecule has 200 valence electrons. The summed E-state index contributed by atoms with van der Waals surface area (Å²) in [5.74, 6) is -0.583. The second-order valence-corrected chi connectivity index (χ2v) is 9.59. The van der Waals surface area contributed by atoms with Crippen LogP contribution in [0.25, 0.3) is 0 Å². The third kappa shape index (κ3) is 8.14. The van der Waals surface area contributed by atoms with E-state index in [1.54, 1.807) is 12.1 Å². The number of hydrogen-bond acceptors (Lipinski definition) is 6. The van der Waals surface area contributed by atoms with Crippen molar-refractivity contribution in [3.8, 4) is 11.5 Å². The Labute approximate surface area is 218 Å². The molecule has 1 heterocycles. The van der Waals surface area contributed by atoms with Crippen molar-refractivity contribution >= 4 is 34.3 Å². The summed E-state index contributed by atoms with van der Waals surface area (Å²) in [5.41, 5.74) is 2.57. The van der Waals surface area contributed by atoms with Crippen molar-refractivity contribution in [2.75, 3.05) is 12.4 Å². The van der Waals surface area contributed by atoms with Crippen molar-refractivity contribution in [1.29, 1.82) is 0 Å². The number of alkyl halides is 3. The van der Waals surface area contributed by atoms with Gasteiger partial charge in [0.15, 0.2) is 11.5 Å². The summed E-state index contributed by atoms with van der Waals surface area (Å²) in [6.07, 6.45) is -0.885. The molecule has 0 saturated carbocycles. The van der Waals surface area contributed by atoms with E-state index in [0.29, 0.717) is 29.8 Å². The first-order valence-corrected chi connectivity index (χ1v) is 12.9. The van der Waals surface area contributed by atoms with Crippen LogP contribution in [0.2, 0.25) is 0 Å². The molecule has 2 aromatic carbocycles. The second kappa shape index (κ2) is 12.8. The van der Waals surface area contributed by atoms with Gasteiger partial charge in [-0.1, -0.05) is 50.6 Å². The maximum absolute atomic E-state index is 12.8. The molecule has 0 fully saturated rings. The van der Waals surface area contributed by atoms with Crippen molar-refractivity contribution in [3.63, 3.8) is 0 Å². The Kier molecular flexibility index (Phi) is 9.85. The van der Waals surface area contributed by atoms with Gasteiger partial charge in [0.1, 0.15) is 0 Å². The average Bonchev–Trinajstić information content (AvgIpc) is 2.85. The maximum atomic E-state index is 12.8. The van der Waals surface area contributed by atoms with Crippen LogP contribution in [0.4, 0.5) is 23.7 Å². The van der Waals surface area contributed by atoms with Gasteiger partial charge in [-0.15, -0.1) is 13.2 Å². The molecule has 11 heteroatoms. The number of nitrogens with zero attached hydrogens (tertiary/aromatic N) is 2. The highest BCUT2D eigenvalue weighted by Gasteiger charge is 2.34. The minimum Gasteiger partial charge on any atom is -0.493 e. The molecular formula is C26H30F3N3O4S. The Hall–Kier alpha value is -3.21. The molecule has 1 aliphatic rings. The molecule has 2 amide bonds. The van der Waals surface area contributed by atoms with Crippen LogP contribution >= 0.6 is 11.8 Å². The Bertz CT molecular complexity index is 1120. The molecule has 7 nitrogen and oxygen atoms in total. The van der Waals surface area contributed by atoms with E-state index in [9.17, 15) is 22.8 Å². The molecule has 1 aliphatic heterocycles. The highest BCUT2D eigenvalue weighted by molar-refractivity contribution is 8.14. The number of carbonyl (C=O) groups excluding carboxylic acids is 2. The van der Waals surface area contributed by atoms with Crippen LogP contribution < -0.4 is 14.8 Å². The van der Waals surface area contributed by atoms with E-state index in [1.807, 2.05) is 19.1 Å². The molecule has 1 N–H and O–H groups in total. The SMILES string of the molecule is CCCCCC(=O)Nc1ccc(CN2N=C(c3ccc(OC(F)(F)F)c(OC)c3)C(CC)SC2=O)cc1. The zero-order valence-electron chi connectivity index (χ0n) is 20.9. The van der Waals surface area contributed by atoms with Crippen molar-refractivity contribution < 1.29 is 32.2 Å². The van der Waals surface area contributed by atoms with Crippen LogP contribution in [0.3, 0.4) is 0 Å². The van der Waals surface area contributed by atoms with Crippen LogP contribution in [0.15, 0.2) is 47.6 Å². The highest BCUT2D eigenvalue weighted by Crippen LogP contribution is 2.36. The number of nitrogens with one attached hydrogen (secondary N) is 1. The second-order valence-electron chi connectivity index (χ2n) is 8.44. The van der Waals surface area contributed by atoms with Crippen molar-refractivity contribution in [2.45, 2.75) is 64.1 Å². The monoisotopic (exact) mass is 537 g/mol. The van der Waals surface area contributed by atoms with E-state index in [2.05, 4.69) is 22.1 Å². The van der Waals surface area contributed by atoms with Crippen LogP contribution in [0.1, 0.15) is 57.1 Å². The van der Waals surface area contributed by atoms with Gasteiger partial charge in [-0.2, -0.15) is 5.10 Å². The lowest BCUT2D eigenvalue weighted by atomic mass is 10.0. The van der Waals surface area contributed by atoms with Crippen LogP contribution in [0.5, 0.6) is 11.5 Å². The lowest BCUT2D eigenvalue weighted by molar-refractivity contribution is -0.275. The van der Waals surface area contributed by atoms with Crippen molar-refractivity contribution in [3.05, 3.63) is 53.6 Å². The van der Waals surface area contributed by atoms with E-state index in [-0.39, 0.29) is 28.7 Å². The number of rotatable bonds is 11. The van der Waals surface area contributed by atoms with E-state index >= 15 is 0 Å². The molecule has 1 unspecified atom stereocenters. The fourth-order valence-electron chi connectivity index (χ4n) is 3.76. The number of benzene rings is 2. The van der Waals surface area contributed by atoms with Crippen LogP contribution in [-0.4, -0.2) is 40.6 Å². The smallest absolute Gasteiger partial charge is 0.493 e. The van der Waals surface area contributed by atoms with Gasteiger partial charge < -0.3 is 14.8 Å². The number of unbranched alkanes of at least 4 members (excludes halogenated alkanes) is 2. The first-order chi connectivity index (χ1) is 17.6. The molecule has 37 heavy (non-hydrogen) atoms. The zero-order valence-corrected chi connectivity index (χ0v) is 21.7. The quantitative estimate of drug-likeness (QED) is 0.313. The number of carbonyl (C=O) groups is 2. The third-order valence-electron chi connectivity index (χ3n) is 5.62. The predicted molar refractivity (Wildman–Crippen MR) is 138 cm³/mol. The summed E-state index contributed by atoms with van der Waals surface area (Å²) < 4.78 is 47.3. The minimum absolute atomic E-state index is 0.0364. The number of thioether (sulfide) groups is 1. The largest absolute Gasteiger partial charge is 0.573 e. The van der Waals surface area contributed by atoms with E-state index in [1.165, 1.54) is 30.3 Å². The van der Waals surface area contributed by atoms with Gasteiger partial charge in [0, 0.05) is 17.7 Å². The van der Waals surface area contributed by atoms with Gasteiger partial charge in [-0.25, -0.2) is 5.01 Å². The fourth-order valence-corrected chi connectivity index (χ4v) is 4.69. The van der Waals surface area contributed by atoms with Crippen molar-refractivity contribution in [2.24, 2.45) is 5.10 Å². The lowest BCUT2D eigenvalue weighted by Crippen LogP contribution is -2.34. The average molecular weight is 538 g/mol. The fraction of sp³-hybridized carbons (Fsp3) is 0.423. The highest BCUT2D eigenvalue weighted by atomic mass is 32.2. The summed E-state index contributed by atoms with van der Waals surface area (Å²) in [5, 5.41) is 8.26. The number of anilines is 1. The first-order valence-electron chi connectivity index (χ1n) is 12.0. The van der Waals surface area contributed by atoms with Gasteiger partial charge >= 0.3 is 11.6 Å². The molecule has 3 rings (SSSR count). The zero-order chi connectivity index (χ0) is 27.0. The Morgan fingerprint density at radius 1 is 1.11 bits per heavy atom. The Balaban J connectivity index is 1.77. The predicted octanol–water partition coefficient (Wildman–Crippen LogP) is 6.96. The molecule has 0 saturated heterocycles. The standard InChI is InChI=1S/C26H30F3N3O4S/c1-4-6-7-8-23(33)30-19-12-9-17(10-13-19)16-32-25(34)37-22(5-2)24(31-32)18-11-14-20(21(15-18)35-3)36-26(27,28)29/h9-15,22H,4-8,16H2,1-3H3,(H,30,33). The van der Waals surface area contributed by atoms with Gasteiger partial charge in [-0.05, 0) is 48.7 Å². The van der Waals surface area contributed by atoms with Gasteiger partial charge in [0.25, 0.3) is 0 Å². The third-order valence-corrected chi connectivity index (χ3v) is 6.87. The van der Waals surface area contributed by atoms with Crippen molar-refractivity contribution in [1.82, 2.24) is 5.01 Å². The molecule has 0 radical (unpaired) electrons. The summed E-state index contributed by atoms with van der Waals surface area (Å²) in [7, 11) is 1.25. The molecule has 1 atom stereocenters. The molecule has 2 aromatic rings. The summed E-state index contributed by atoms with van der Waals surface area (Å²) >= 11 is 1.11. The van der Waals surface area contributed by atoms with Crippen LogP contribution in [-0.2, 0) is 11.3 Å². The van der Waals surface area contributed by atoms with Gasteiger partial charge in [-0.3, -0.25) is 9.59 Å². The normalized spacial score (nSPS) is 15.8. The number of methoxy groups -OCH3 is 1. The van der Waals surface area contributed by atoms with E-state index in [4.69, 9.17) is 4.74 Å². The number of ether oxygens (including phenoxy) is 2. The lowest BCUT2D eigenvalue weighted by Gasteiger charge is -2.28. The maximum Gasteiger partial charge on any atom is 0.573 e. The molecule has 0 bridgehead atoms. The topological polar surface area (TPSA) is 80.2 Å². The number of hydrogen-bond donors (Lipinski definition) is 1. The number of hydrazone groups is 1. The molecule has 0 aromatic heterocycles. The molecular weight excluding hydrogens is 507 g/mol. The van der Waals surface area contributed by atoms with E-state index in [0.717, 1.165) is 36.6 Å². The molecule has 0 aliphatic carbocycles. The van der Waals surface area contributed by atoms with E-state index < -0.39 is 12.1 Å². The summed E-state index contributed by atoms with van der Waals surface area (Å²) in [6, 6.07) is 11.3. The Morgan fingerprint density at radius 2 is 1.84 bits per heavy atom. The number of amides is 2. The van der Waals surface area contributed by atoms with Gasteiger partial charge in [0.05, 0.1) is 24.6 Å². The molecule has 0 spiro atoms. The number of halogens is 3.